The van der Waals surface area contributed by atoms with Crippen molar-refractivity contribution in [2.45, 2.75) is 32.2 Å². The molecule has 0 bridgehead atoms. The molecule has 0 aliphatic heterocycles. The Hall–Kier alpha value is -2.72. The molecule has 2 N–H and O–H groups in total. The molecule has 0 radical (unpaired) electrons. The number of allylic oxidation sites excluding steroid dienone is 1. The van der Waals surface area contributed by atoms with Crippen LogP contribution >= 0.6 is 12.4 Å². The topological polar surface area (TPSA) is 94.6 Å². The van der Waals surface area contributed by atoms with Crippen molar-refractivity contribution in [3.05, 3.63) is 65.1 Å². The Balaban J connectivity index is 0.00000432. The number of esters is 1. The van der Waals surface area contributed by atoms with Crippen molar-refractivity contribution in [1.82, 2.24) is 8.87 Å². The molecule has 2 aromatic carbocycles. The van der Waals surface area contributed by atoms with E-state index in [1.54, 1.807) is 47.9 Å². The molecular weight excluding hydrogens is 493 g/mol. The summed E-state index contributed by atoms with van der Waals surface area (Å²) in [6.07, 6.45) is 1.31. The lowest BCUT2D eigenvalue weighted by Gasteiger charge is -2.14. The number of aryl methyl sites for hydroxylation is 1. The van der Waals surface area contributed by atoms with Crippen LogP contribution in [-0.4, -0.2) is 50.5 Å². The van der Waals surface area contributed by atoms with E-state index in [2.05, 4.69) is 0 Å². The molecule has 0 saturated carbocycles. The van der Waals surface area contributed by atoms with Crippen LogP contribution in [0.2, 0.25) is 0 Å². The minimum absolute atomic E-state index is 0. The van der Waals surface area contributed by atoms with E-state index in [1.807, 2.05) is 13.8 Å². The molecule has 3 rings (SSSR count). The first-order valence-electron chi connectivity index (χ1n) is 10.9. The molecule has 7 nitrogen and oxygen atoms in total. The maximum atomic E-state index is 14.5. The van der Waals surface area contributed by atoms with Crippen LogP contribution in [0.5, 0.6) is 0 Å². The molecule has 0 aliphatic rings. The molecule has 0 unspecified atom stereocenters. The van der Waals surface area contributed by atoms with Gasteiger partial charge >= 0.3 is 5.97 Å². The number of ether oxygens (including phenoxy) is 1. The highest BCUT2D eigenvalue weighted by atomic mass is 35.5. The van der Waals surface area contributed by atoms with Crippen LogP contribution in [0.3, 0.4) is 0 Å². The molecule has 0 spiro atoms. The average Bonchev–Trinajstić information content (AvgIpc) is 3.04. The zero-order valence-electron chi connectivity index (χ0n) is 20.5. The van der Waals surface area contributed by atoms with E-state index in [9.17, 15) is 17.6 Å². The van der Waals surface area contributed by atoms with Crippen LogP contribution in [0.1, 0.15) is 28.5 Å². The number of nitrogens with two attached hydrogens (primary N) is 1. The number of hydrogen-bond donors (Lipinski definition) is 1. The van der Waals surface area contributed by atoms with Crippen molar-refractivity contribution < 1.29 is 22.3 Å². The van der Waals surface area contributed by atoms with Crippen molar-refractivity contribution in [2.24, 2.45) is 5.73 Å². The number of rotatable bonds is 8. The first kappa shape index (κ1) is 28.5. The lowest BCUT2D eigenvalue weighted by Crippen LogP contribution is -2.22. The fourth-order valence-corrected chi connectivity index (χ4v) is 4.88. The molecule has 0 saturated heterocycles. The Morgan fingerprint density at radius 2 is 1.86 bits per heavy atom. The van der Waals surface area contributed by atoms with E-state index in [4.69, 9.17) is 10.5 Å². The Labute approximate surface area is 211 Å². The van der Waals surface area contributed by atoms with Gasteiger partial charge in [-0.05, 0) is 68.3 Å². The van der Waals surface area contributed by atoms with Crippen LogP contribution in [0, 0.1) is 13.8 Å². The monoisotopic (exact) mass is 523 g/mol. The second-order valence-electron chi connectivity index (χ2n) is 8.15. The number of fused-ring (bicyclic) bond motifs is 1. The van der Waals surface area contributed by atoms with Crippen molar-refractivity contribution in [3.8, 4) is 11.1 Å². The van der Waals surface area contributed by atoms with E-state index in [0.717, 1.165) is 21.1 Å². The standard InChI is InChI=1S/C25H30FN3O4S.ClH/c1-6-33-25(30)18-8-10-23-22(13-18)24(17(3)29(23)15-19(26)11-12-27)21-14-20(9-7-16(21)2)34(31,32)28(4)5;/h7-11,13-14H,6,12,15,27H2,1-5H3;1H/b19-11-;. The summed E-state index contributed by atoms with van der Waals surface area (Å²) in [5.41, 5.74) is 9.55. The minimum atomic E-state index is -3.67. The highest BCUT2D eigenvalue weighted by Gasteiger charge is 2.23. The van der Waals surface area contributed by atoms with Crippen molar-refractivity contribution in [2.75, 3.05) is 27.2 Å². The van der Waals surface area contributed by atoms with Gasteiger partial charge in [-0.2, -0.15) is 0 Å². The zero-order chi connectivity index (χ0) is 25.2. The third-order valence-corrected chi connectivity index (χ3v) is 7.55. The zero-order valence-corrected chi connectivity index (χ0v) is 22.1. The van der Waals surface area contributed by atoms with Gasteiger partial charge in [0.05, 0.1) is 23.6 Å². The van der Waals surface area contributed by atoms with Gasteiger partial charge in [0.2, 0.25) is 10.0 Å². The van der Waals surface area contributed by atoms with Gasteiger partial charge in [-0.15, -0.1) is 12.4 Å². The number of halogens is 2. The van der Waals surface area contributed by atoms with Gasteiger partial charge in [0.15, 0.2) is 0 Å². The van der Waals surface area contributed by atoms with Gasteiger partial charge in [-0.25, -0.2) is 21.9 Å². The number of sulfonamides is 1. The molecule has 0 amide bonds. The first-order valence-corrected chi connectivity index (χ1v) is 12.3. The van der Waals surface area contributed by atoms with E-state index in [0.29, 0.717) is 22.0 Å². The maximum Gasteiger partial charge on any atom is 0.338 e. The second-order valence-corrected chi connectivity index (χ2v) is 10.3. The van der Waals surface area contributed by atoms with Crippen molar-refractivity contribution in [3.63, 3.8) is 0 Å². The smallest absolute Gasteiger partial charge is 0.338 e. The first-order chi connectivity index (χ1) is 16.0. The predicted octanol–water partition coefficient (Wildman–Crippen LogP) is 4.59. The van der Waals surface area contributed by atoms with Gasteiger partial charge in [-0.1, -0.05) is 6.07 Å². The quantitative estimate of drug-likeness (QED) is 0.436. The summed E-state index contributed by atoms with van der Waals surface area (Å²) < 4.78 is 48.2. The molecule has 1 heterocycles. The Bertz CT molecular complexity index is 1380. The Kier molecular flexibility index (Phi) is 9.24. The number of nitrogens with zero attached hydrogens (tertiary/aromatic N) is 2. The minimum Gasteiger partial charge on any atom is -0.462 e. The van der Waals surface area contributed by atoms with E-state index in [1.165, 1.54) is 20.2 Å². The summed E-state index contributed by atoms with van der Waals surface area (Å²) in [5, 5.41) is 0.700. The molecule has 0 aliphatic carbocycles. The molecular formula is C25H31ClFN3O4S. The van der Waals surface area contributed by atoms with Crippen LogP contribution in [0.15, 0.2) is 53.2 Å². The lowest BCUT2D eigenvalue weighted by atomic mass is 9.97. The van der Waals surface area contributed by atoms with Gasteiger partial charge in [0, 0.05) is 42.8 Å². The highest BCUT2D eigenvalue weighted by molar-refractivity contribution is 7.89. The third kappa shape index (κ3) is 5.59. The van der Waals surface area contributed by atoms with Crippen LogP contribution in [0.4, 0.5) is 4.39 Å². The summed E-state index contributed by atoms with van der Waals surface area (Å²) in [4.78, 5) is 12.6. The number of carbonyl (C=O) groups is 1. The SMILES string of the molecule is CCOC(=O)c1ccc2c(c1)c(-c1cc(S(=O)(=O)N(C)C)ccc1C)c(C)n2C/C(F)=C/CN.Cl. The highest BCUT2D eigenvalue weighted by Crippen LogP contribution is 2.38. The Morgan fingerprint density at radius 1 is 1.17 bits per heavy atom. The third-order valence-electron chi connectivity index (χ3n) is 5.74. The van der Waals surface area contributed by atoms with Crippen LogP contribution < -0.4 is 5.73 Å². The Morgan fingerprint density at radius 3 is 2.46 bits per heavy atom. The molecule has 1 aromatic heterocycles. The van der Waals surface area contributed by atoms with Crippen molar-refractivity contribution >= 4 is 39.3 Å². The second kappa shape index (κ2) is 11.3. The normalized spacial score (nSPS) is 12.2. The molecule has 0 fully saturated rings. The summed E-state index contributed by atoms with van der Waals surface area (Å²) >= 11 is 0. The van der Waals surface area contributed by atoms with Gasteiger partial charge < -0.3 is 15.0 Å². The van der Waals surface area contributed by atoms with Gasteiger partial charge in [-0.3, -0.25) is 0 Å². The molecule has 35 heavy (non-hydrogen) atoms. The van der Waals surface area contributed by atoms with Gasteiger partial charge in [0.1, 0.15) is 5.83 Å². The van der Waals surface area contributed by atoms with Crippen molar-refractivity contribution in [1.29, 1.82) is 0 Å². The van der Waals surface area contributed by atoms with Crippen LogP contribution in [-0.2, 0) is 21.3 Å². The number of aromatic nitrogens is 1. The summed E-state index contributed by atoms with van der Waals surface area (Å²) in [6.45, 7) is 5.74. The summed E-state index contributed by atoms with van der Waals surface area (Å²) in [7, 11) is -0.717. The molecule has 10 heteroatoms. The van der Waals surface area contributed by atoms with E-state index in [-0.39, 0.29) is 42.8 Å². The predicted molar refractivity (Wildman–Crippen MR) is 139 cm³/mol. The fraction of sp³-hybridized carbons (Fsp3) is 0.320. The number of carbonyl (C=O) groups excluding carboxylic acids is 1. The largest absolute Gasteiger partial charge is 0.462 e. The number of hydrogen-bond acceptors (Lipinski definition) is 5. The van der Waals surface area contributed by atoms with E-state index < -0.39 is 16.0 Å². The number of benzene rings is 2. The van der Waals surface area contributed by atoms with Crippen LogP contribution in [0.25, 0.3) is 22.0 Å². The lowest BCUT2D eigenvalue weighted by molar-refractivity contribution is 0.0526. The van der Waals surface area contributed by atoms with Gasteiger partial charge in [0.25, 0.3) is 0 Å². The van der Waals surface area contributed by atoms with E-state index >= 15 is 0 Å². The molecule has 190 valence electrons. The fourth-order valence-electron chi connectivity index (χ4n) is 3.95. The molecule has 3 aromatic rings. The molecule has 0 atom stereocenters. The maximum absolute atomic E-state index is 14.5. The average molecular weight is 524 g/mol. The summed E-state index contributed by atoms with van der Waals surface area (Å²) in [6, 6.07) is 10.0. The summed E-state index contributed by atoms with van der Waals surface area (Å²) in [5.74, 6) is -0.847.